The lowest BCUT2D eigenvalue weighted by atomic mass is 10.2. The summed E-state index contributed by atoms with van der Waals surface area (Å²) in [4.78, 5) is 12.1. The number of hydrogen-bond acceptors (Lipinski definition) is 5. The van der Waals surface area contributed by atoms with Crippen LogP contribution >= 0.6 is 11.6 Å². The second kappa shape index (κ2) is 6.53. The molecule has 0 saturated carbocycles. The van der Waals surface area contributed by atoms with E-state index in [1.165, 1.54) is 4.68 Å². The monoisotopic (exact) mass is 309 g/mol. The molecule has 1 N–H and O–H groups in total. The van der Waals surface area contributed by atoms with Gasteiger partial charge in [0.15, 0.2) is 11.9 Å². The van der Waals surface area contributed by atoms with Gasteiger partial charge in [0.05, 0.1) is 6.04 Å². The summed E-state index contributed by atoms with van der Waals surface area (Å²) in [6.45, 7) is 3.48. The van der Waals surface area contributed by atoms with Crippen LogP contribution < -0.4 is 10.1 Å². The molecular formula is C13H16ClN5O2. The average molecular weight is 310 g/mol. The minimum atomic E-state index is -0.644. The molecule has 2 aromatic rings. The summed E-state index contributed by atoms with van der Waals surface area (Å²) in [5, 5.41) is 14.5. The number of carbonyl (C=O) groups excluding carboxylic acids is 1. The molecule has 0 saturated heterocycles. The van der Waals surface area contributed by atoms with Gasteiger partial charge in [0, 0.05) is 12.1 Å². The summed E-state index contributed by atoms with van der Waals surface area (Å²) in [5.74, 6) is 0.900. The van der Waals surface area contributed by atoms with Gasteiger partial charge in [-0.15, -0.1) is 5.10 Å². The minimum Gasteiger partial charge on any atom is -0.481 e. The number of ether oxygens (including phenoxy) is 1. The molecule has 1 aromatic carbocycles. The second-order valence-corrected chi connectivity index (χ2v) is 5.04. The molecule has 0 radical (unpaired) electrons. The van der Waals surface area contributed by atoms with Crippen LogP contribution in [0.2, 0.25) is 5.02 Å². The van der Waals surface area contributed by atoms with Crippen LogP contribution in [-0.2, 0) is 11.8 Å². The SMILES string of the molecule is CC(Oc1ccc(Cl)cc1)C(=O)NC(C)c1nnnn1C. The van der Waals surface area contributed by atoms with E-state index in [1.807, 2.05) is 0 Å². The molecule has 0 fully saturated rings. The van der Waals surface area contributed by atoms with E-state index in [-0.39, 0.29) is 11.9 Å². The Morgan fingerprint density at radius 3 is 2.57 bits per heavy atom. The smallest absolute Gasteiger partial charge is 0.261 e. The molecule has 2 rings (SSSR count). The van der Waals surface area contributed by atoms with Crippen molar-refractivity contribution in [2.75, 3.05) is 0 Å². The van der Waals surface area contributed by atoms with Crippen molar-refractivity contribution in [2.45, 2.75) is 26.0 Å². The maximum Gasteiger partial charge on any atom is 0.261 e. The predicted molar refractivity (Wildman–Crippen MR) is 76.9 cm³/mol. The maximum absolute atomic E-state index is 12.1. The van der Waals surface area contributed by atoms with Gasteiger partial charge in [-0.2, -0.15) is 0 Å². The molecule has 0 aliphatic heterocycles. The topological polar surface area (TPSA) is 81.9 Å². The normalized spacial score (nSPS) is 13.5. The molecule has 0 aliphatic rings. The van der Waals surface area contributed by atoms with Crippen LogP contribution in [0.1, 0.15) is 25.7 Å². The number of tetrazole rings is 1. The number of rotatable bonds is 5. The van der Waals surface area contributed by atoms with E-state index in [2.05, 4.69) is 20.8 Å². The lowest BCUT2D eigenvalue weighted by molar-refractivity contribution is -0.128. The van der Waals surface area contributed by atoms with Crippen LogP contribution in [0.3, 0.4) is 0 Å². The molecular weight excluding hydrogens is 294 g/mol. The number of nitrogens with one attached hydrogen (secondary N) is 1. The van der Waals surface area contributed by atoms with Gasteiger partial charge in [0.1, 0.15) is 5.75 Å². The Balaban J connectivity index is 1.93. The molecule has 21 heavy (non-hydrogen) atoms. The van der Waals surface area contributed by atoms with E-state index >= 15 is 0 Å². The number of carbonyl (C=O) groups is 1. The zero-order valence-corrected chi connectivity index (χ0v) is 12.7. The number of halogens is 1. The van der Waals surface area contributed by atoms with E-state index in [0.717, 1.165) is 0 Å². The highest BCUT2D eigenvalue weighted by Crippen LogP contribution is 2.17. The summed E-state index contributed by atoms with van der Waals surface area (Å²) in [5.41, 5.74) is 0. The Hall–Kier alpha value is -2.15. The second-order valence-electron chi connectivity index (χ2n) is 4.60. The molecule has 1 amide bonds. The van der Waals surface area contributed by atoms with Crippen LogP contribution in [0.5, 0.6) is 5.75 Å². The van der Waals surface area contributed by atoms with Crippen molar-refractivity contribution in [3.63, 3.8) is 0 Å². The van der Waals surface area contributed by atoms with E-state index in [4.69, 9.17) is 16.3 Å². The number of hydrogen-bond donors (Lipinski definition) is 1. The van der Waals surface area contributed by atoms with Crippen LogP contribution in [0, 0.1) is 0 Å². The first-order chi connectivity index (χ1) is 9.97. The lowest BCUT2D eigenvalue weighted by Gasteiger charge is -2.17. The molecule has 0 spiro atoms. The highest BCUT2D eigenvalue weighted by Gasteiger charge is 2.20. The summed E-state index contributed by atoms with van der Waals surface area (Å²) in [6, 6.07) is 6.52. The first kappa shape index (κ1) is 15.2. The van der Waals surface area contributed by atoms with Gasteiger partial charge in [-0.1, -0.05) is 11.6 Å². The Morgan fingerprint density at radius 2 is 2.00 bits per heavy atom. The van der Waals surface area contributed by atoms with Crippen LogP contribution in [-0.4, -0.2) is 32.2 Å². The van der Waals surface area contributed by atoms with Crippen molar-refractivity contribution < 1.29 is 9.53 Å². The Bertz CT molecular complexity index is 613. The van der Waals surface area contributed by atoms with Crippen molar-refractivity contribution >= 4 is 17.5 Å². The first-order valence-corrected chi connectivity index (χ1v) is 6.80. The standard InChI is InChI=1S/C13H16ClN5O2/c1-8(12-16-17-18-19(12)3)15-13(20)9(2)21-11-6-4-10(14)5-7-11/h4-9H,1-3H3,(H,15,20). The first-order valence-electron chi connectivity index (χ1n) is 6.42. The van der Waals surface area contributed by atoms with E-state index in [0.29, 0.717) is 16.6 Å². The van der Waals surface area contributed by atoms with Crippen molar-refractivity contribution in [1.82, 2.24) is 25.5 Å². The van der Waals surface area contributed by atoms with Gasteiger partial charge in [-0.25, -0.2) is 4.68 Å². The van der Waals surface area contributed by atoms with Crippen molar-refractivity contribution in [3.05, 3.63) is 35.1 Å². The fourth-order valence-corrected chi connectivity index (χ4v) is 1.90. The predicted octanol–water partition coefficient (Wildman–Crippen LogP) is 1.51. The van der Waals surface area contributed by atoms with Gasteiger partial charge >= 0.3 is 0 Å². The molecule has 0 bridgehead atoms. The van der Waals surface area contributed by atoms with Crippen LogP contribution in [0.4, 0.5) is 0 Å². The van der Waals surface area contributed by atoms with Crippen LogP contribution in [0.15, 0.2) is 24.3 Å². The zero-order valence-electron chi connectivity index (χ0n) is 11.9. The number of aryl methyl sites for hydroxylation is 1. The average Bonchev–Trinajstić information content (AvgIpc) is 2.87. The largest absolute Gasteiger partial charge is 0.481 e. The van der Waals surface area contributed by atoms with Crippen LogP contribution in [0.25, 0.3) is 0 Å². The van der Waals surface area contributed by atoms with Crippen molar-refractivity contribution in [3.8, 4) is 5.75 Å². The molecule has 7 nitrogen and oxygen atoms in total. The van der Waals surface area contributed by atoms with Gasteiger partial charge in [0.2, 0.25) is 0 Å². The fraction of sp³-hybridized carbons (Fsp3) is 0.385. The number of aromatic nitrogens is 4. The molecule has 1 aromatic heterocycles. The summed E-state index contributed by atoms with van der Waals surface area (Å²) >= 11 is 5.80. The minimum absolute atomic E-state index is 0.250. The number of nitrogens with zero attached hydrogens (tertiary/aromatic N) is 4. The Labute approximate surface area is 127 Å². The van der Waals surface area contributed by atoms with E-state index in [9.17, 15) is 4.79 Å². The number of amides is 1. The third-order valence-corrected chi connectivity index (χ3v) is 3.15. The zero-order chi connectivity index (χ0) is 15.4. The third kappa shape index (κ3) is 3.91. The highest BCUT2D eigenvalue weighted by molar-refractivity contribution is 6.30. The quantitative estimate of drug-likeness (QED) is 0.905. The van der Waals surface area contributed by atoms with Crippen molar-refractivity contribution in [1.29, 1.82) is 0 Å². The third-order valence-electron chi connectivity index (χ3n) is 2.89. The summed E-state index contributed by atoms with van der Waals surface area (Å²) in [6.07, 6.45) is -0.644. The summed E-state index contributed by atoms with van der Waals surface area (Å²) in [7, 11) is 1.71. The van der Waals surface area contributed by atoms with Gasteiger partial charge < -0.3 is 10.1 Å². The van der Waals surface area contributed by atoms with Gasteiger partial charge in [-0.3, -0.25) is 4.79 Å². The van der Waals surface area contributed by atoms with Crippen molar-refractivity contribution in [2.24, 2.45) is 7.05 Å². The maximum atomic E-state index is 12.1. The summed E-state index contributed by atoms with van der Waals surface area (Å²) < 4.78 is 7.06. The molecule has 112 valence electrons. The fourth-order valence-electron chi connectivity index (χ4n) is 1.77. The highest BCUT2D eigenvalue weighted by atomic mass is 35.5. The Kier molecular flexibility index (Phi) is 4.74. The lowest BCUT2D eigenvalue weighted by Crippen LogP contribution is -2.38. The molecule has 2 atom stereocenters. The molecule has 8 heteroatoms. The molecule has 1 heterocycles. The number of benzene rings is 1. The van der Waals surface area contributed by atoms with Gasteiger partial charge in [-0.05, 0) is 48.5 Å². The molecule has 0 aliphatic carbocycles. The van der Waals surface area contributed by atoms with E-state index in [1.54, 1.807) is 45.2 Å². The van der Waals surface area contributed by atoms with Gasteiger partial charge in [0.25, 0.3) is 5.91 Å². The molecule has 2 unspecified atom stereocenters. The van der Waals surface area contributed by atoms with E-state index < -0.39 is 6.10 Å². The Morgan fingerprint density at radius 1 is 1.33 bits per heavy atom.